The Morgan fingerprint density at radius 2 is 2.00 bits per heavy atom. The first-order valence-electron chi connectivity index (χ1n) is 8.04. The average Bonchev–Trinajstić information content (AvgIpc) is 3.08. The molecule has 4 rings (SSSR count). The van der Waals surface area contributed by atoms with Gasteiger partial charge in [-0.05, 0) is 48.7 Å². The molecule has 3 aromatic rings. The van der Waals surface area contributed by atoms with Crippen LogP contribution in [0.25, 0.3) is 5.52 Å². The second kappa shape index (κ2) is 5.64. The van der Waals surface area contributed by atoms with Gasteiger partial charge in [0.2, 0.25) is 5.78 Å². The second-order valence-electron chi connectivity index (χ2n) is 6.03. The number of rotatable bonds is 3. The molecular weight excluding hydrogens is 302 g/mol. The van der Waals surface area contributed by atoms with Crippen molar-refractivity contribution in [1.82, 2.24) is 4.40 Å². The van der Waals surface area contributed by atoms with Gasteiger partial charge in [-0.1, -0.05) is 12.1 Å². The lowest BCUT2D eigenvalue weighted by Crippen LogP contribution is -2.19. The van der Waals surface area contributed by atoms with Gasteiger partial charge in [-0.15, -0.1) is 0 Å². The number of carbonyl (C=O) groups excluding carboxylic acids is 2. The number of hydrogen-bond donors (Lipinski definition) is 0. The molecule has 0 N–H and O–H groups in total. The quantitative estimate of drug-likeness (QED) is 0.692. The molecule has 0 saturated heterocycles. The molecule has 1 aliphatic carbocycles. The SMILES string of the molecule is COc1cccc(C(=O)c2c3c(cc4cccn24)C(=O)CCC3)c1. The van der Waals surface area contributed by atoms with Crippen LogP contribution in [0.1, 0.15) is 44.8 Å². The summed E-state index contributed by atoms with van der Waals surface area (Å²) < 4.78 is 7.12. The monoisotopic (exact) mass is 319 g/mol. The van der Waals surface area contributed by atoms with E-state index in [0.717, 1.165) is 23.9 Å². The first-order valence-corrected chi connectivity index (χ1v) is 8.04. The molecule has 0 amide bonds. The van der Waals surface area contributed by atoms with Crippen LogP contribution in [-0.4, -0.2) is 23.1 Å². The van der Waals surface area contributed by atoms with Crippen LogP contribution in [0.15, 0.2) is 48.7 Å². The lowest BCUT2D eigenvalue weighted by molar-refractivity contribution is 0.0972. The Kier molecular flexibility index (Phi) is 3.45. The van der Waals surface area contributed by atoms with Crippen LogP contribution < -0.4 is 4.74 Å². The van der Waals surface area contributed by atoms with Crippen LogP contribution >= 0.6 is 0 Å². The fourth-order valence-corrected chi connectivity index (χ4v) is 3.43. The van der Waals surface area contributed by atoms with E-state index in [0.29, 0.717) is 29.0 Å². The van der Waals surface area contributed by atoms with E-state index in [-0.39, 0.29) is 11.6 Å². The molecule has 2 heterocycles. The molecule has 0 fully saturated rings. The average molecular weight is 319 g/mol. The predicted molar refractivity (Wildman–Crippen MR) is 91.1 cm³/mol. The summed E-state index contributed by atoms with van der Waals surface area (Å²) in [7, 11) is 1.58. The molecule has 1 aliphatic rings. The maximum absolute atomic E-state index is 13.2. The molecule has 0 aliphatic heterocycles. The first-order chi connectivity index (χ1) is 11.7. The number of hydrogen-bond acceptors (Lipinski definition) is 3. The molecule has 1 aromatic carbocycles. The van der Waals surface area contributed by atoms with E-state index in [4.69, 9.17) is 4.74 Å². The molecule has 120 valence electrons. The molecule has 0 bridgehead atoms. The van der Waals surface area contributed by atoms with Crippen LogP contribution in [0.2, 0.25) is 0 Å². The summed E-state index contributed by atoms with van der Waals surface area (Å²) in [6.07, 6.45) is 3.97. The number of methoxy groups -OCH3 is 1. The zero-order chi connectivity index (χ0) is 16.7. The Balaban J connectivity index is 1.96. The van der Waals surface area contributed by atoms with Crippen molar-refractivity contribution in [3.8, 4) is 5.75 Å². The third-order valence-electron chi connectivity index (χ3n) is 4.60. The van der Waals surface area contributed by atoms with Crippen molar-refractivity contribution >= 4 is 17.1 Å². The summed E-state index contributed by atoms with van der Waals surface area (Å²) in [4.78, 5) is 25.5. The second-order valence-corrected chi connectivity index (χ2v) is 6.03. The van der Waals surface area contributed by atoms with Crippen molar-refractivity contribution in [2.75, 3.05) is 7.11 Å². The Labute approximate surface area is 139 Å². The smallest absolute Gasteiger partial charge is 0.210 e. The maximum atomic E-state index is 13.2. The summed E-state index contributed by atoms with van der Waals surface area (Å²) in [5.41, 5.74) is 3.58. The lowest BCUT2D eigenvalue weighted by atomic mass is 9.87. The highest BCUT2D eigenvalue weighted by Crippen LogP contribution is 2.29. The maximum Gasteiger partial charge on any atom is 0.210 e. The Morgan fingerprint density at radius 1 is 1.12 bits per heavy atom. The van der Waals surface area contributed by atoms with Crippen LogP contribution in [-0.2, 0) is 6.42 Å². The summed E-state index contributed by atoms with van der Waals surface area (Å²) in [6, 6.07) is 12.9. The van der Waals surface area contributed by atoms with Gasteiger partial charge in [-0.3, -0.25) is 9.59 Å². The number of benzene rings is 1. The number of nitrogens with zero attached hydrogens (tertiary/aromatic N) is 1. The van der Waals surface area contributed by atoms with E-state index in [1.165, 1.54) is 0 Å². The summed E-state index contributed by atoms with van der Waals surface area (Å²) in [5, 5.41) is 0. The molecule has 0 saturated carbocycles. The molecule has 0 spiro atoms. The molecule has 24 heavy (non-hydrogen) atoms. The van der Waals surface area contributed by atoms with Gasteiger partial charge in [0.15, 0.2) is 5.78 Å². The summed E-state index contributed by atoms with van der Waals surface area (Å²) in [6.45, 7) is 0. The Hall–Kier alpha value is -2.88. The molecule has 0 atom stereocenters. The number of aromatic nitrogens is 1. The Bertz CT molecular complexity index is 968. The van der Waals surface area contributed by atoms with Crippen molar-refractivity contribution in [3.05, 3.63) is 71.0 Å². The molecular formula is C20H17NO3. The van der Waals surface area contributed by atoms with E-state index in [1.807, 2.05) is 34.9 Å². The van der Waals surface area contributed by atoms with Crippen molar-refractivity contribution in [1.29, 1.82) is 0 Å². The topological polar surface area (TPSA) is 47.8 Å². The minimum absolute atomic E-state index is 0.0818. The van der Waals surface area contributed by atoms with Gasteiger partial charge in [-0.25, -0.2) is 0 Å². The fraction of sp³-hybridized carbons (Fsp3) is 0.200. The molecule has 4 heteroatoms. The van der Waals surface area contributed by atoms with Gasteiger partial charge in [0.05, 0.1) is 12.8 Å². The van der Waals surface area contributed by atoms with E-state index >= 15 is 0 Å². The normalized spacial score (nSPS) is 13.8. The molecule has 4 nitrogen and oxygen atoms in total. The Morgan fingerprint density at radius 3 is 2.83 bits per heavy atom. The van der Waals surface area contributed by atoms with Crippen LogP contribution in [0.5, 0.6) is 5.75 Å². The number of Topliss-reactive ketones (excluding diaryl/α,β-unsaturated/α-hetero) is 1. The minimum atomic E-state index is -0.0818. The van der Waals surface area contributed by atoms with Gasteiger partial charge in [-0.2, -0.15) is 0 Å². The number of ketones is 2. The number of ether oxygens (including phenoxy) is 1. The van der Waals surface area contributed by atoms with Gasteiger partial charge in [0, 0.05) is 29.3 Å². The number of carbonyl (C=O) groups is 2. The van der Waals surface area contributed by atoms with Crippen molar-refractivity contribution in [2.45, 2.75) is 19.3 Å². The lowest BCUT2D eigenvalue weighted by Gasteiger charge is -2.20. The van der Waals surface area contributed by atoms with Crippen LogP contribution in [0.4, 0.5) is 0 Å². The third kappa shape index (κ3) is 2.22. The molecule has 0 radical (unpaired) electrons. The van der Waals surface area contributed by atoms with Gasteiger partial charge >= 0.3 is 0 Å². The van der Waals surface area contributed by atoms with E-state index < -0.39 is 0 Å². The number of pyridine rings is 1. The highest BCUT2D eigenvalue weighted by molar-refractivity contribution is 6.12. The summed E-state index contributed by atoms with van der Waals surface area (Å²) in [5.74, 6) is 0.687. The van der Waals surface area contributed by atoms with Crippen LogP contribution in [0, 0.1) is 0 Å². The van der Waals surface area contributed by atoms with Crippen molar-refractivity contribution in [3.63, 3.8) is 0 Å². The summed E-state index contributed by atoms with van der Waals surface area (Å²) >= 11 is 0. The van der Waals surface area contributed by atoms with Gasteiger partial charge in [0.1, 0.15) is 5.75 Å². The standard InChI is InChI=1S/C20H17NO3/c1-24-15-7-2-5-13(11-15)20(23)19-16-8-3-9-18(22)17(16)12-14-6-4-10-21(14)19/h2,4-7,10-12H,3,8-9H2,1H3. The van der Waals surface area contributed by atoms with Gasteiger partial charge < -0.3 is 9.14 Å². The number of fused-ring (bicyclic) bond motifs is 2. The van der Waals surface area contributed by atoms with E-state index in [2.05, 4.69) is 0 Å². The van der Waals surface area contributed by atoms with Crippen molar-refractivity contribution < 1.29 is 14.3 Å². The van der Waals surface area contributed by atoms with Crippen molar-refractivity contribution in [2.24, 2.45) is 0 Å². The fourth-order valence-electron chi connectivity index (χ4n) is 3.43. The van der Waals surface area contributed by atoms with Crippen LogP contribution in [0.3, 0.4) is 0 Å². The van der Waals surface area contributed by atoms with E-state index in [9.17, 15) is 9.59 Å². The van der Waals surface area contributed by atoms with E-state index in [1.54, 1.807) is 25.3 Å². The molecule has 0 unspecified atom stereocenters. The third-order valence-corrected chi connectivity index (χ3v) is 4.60. The zero-order valence-corrected chi connectivity index (χ0v) is 13.4. The highest BCUT2D eigenvalue weighted by atomic mass is 16.5. The van der Waals surface area contributed by atoms with Gasteiger partial charge in [0.25, 0.3) is 0 Å². The first kappa shape index (κ1) is 14.7. The predicted octanol–water partition coefficient (Wildman–Crippen LogP) is 3.70. The molecule has 2 aromatic heterocycles. The zero-order valence-electron chi connectivity index (χ0n) is 13.4. The largest absolute Gasteiger partial charge is 0.497 e. The minimum Gasteiger partial charge on any atom is -0.497 e. The highest BCUT2D eigenvalue weighted by Gasteiger charge is 2.26.